The van der Waals surface area contributed by atoms with Crippen LogP contribution < -0.4 is 5.32 Å². The third-order valence-electron chi connectivity index (χ3n) is 1.89. The standard InChI is InChI=1S/C7H9NO.C5H5N/c1-5-3-8-4-6(2)7(5)9;1-2-4-6-5-3-1/h8H,1-4H2;1-5H. The van der Waals surface area contributed by atoms with Crippen molar-refractivity contribution in [2.24, 2.45) is 0 Å². The summed E-state index contributed by atoms with van der Waals surface area (Å²) in [6.07, 6.45) is 3.50. The molecule has 3 heteroatoms. The predicted molar refractivity (Wildman–Crippen MR) is 60.4 cm³/mol. The highest BCUT2D eigenvalue weighted by Gasteiger charge is 2.15. The summed E-state index contributed by atoms with van der Waals surface area (Å²) in [5, 5.41) is 2.99. The number of rotatable bonds is 0. The first-order chi connectivity index (χ1) is 7.22. The zero-order valence-electron chi connectivity index (χ0n) is 8.57. The molecule has 0 radical (unpaired) electrons. The van der Waals surface area contributed by atoms with E-state index in [1.807, 2.05) is 18.2 Å². The van der Waals surface area contributed by atoms with Crippen LogP contribution in [0.1, 0.15) is 0 Å². The van der Waals surface area contributed by atoms with Gasteiger partial charge in [-0.05, 0) is 12.1 Å². The average molecular weight is 202 g/mol. The highest BCUT2D eigenvalue weighted by molar-refractivity contribution is 6.08. The number of hydrogen-bond acceptors (Lipinski definition) is 3. The maximum absolute atomic E-state index is 10.9. The molecule has 1 aliphatic heterocycles. The lowest BCUT2D eigenvalue weighted by atomic mass is 10.0. The minimum Gasteiger partial charge on any atom is -0.308 e. The van der Waals surface area contributed by atoms with Gasteiger partial charge in [0.15, 0.2) is 5.78 Å². The minimum atomic E-state index is 0.0220. The quantitative estimate of drug-likeness (QED) is 0.646. The molecule has 0 unspecified atom stereocenters. The lowest BCUT2D eigenvalue weighted by Gasteiger charge is -2.14. The fraction of sp³-hybridized carbons (Fsp3) is 0.167. The number of carbonyl (C=O) groups excluding carboxylic acids is 1. The third-order valence-corrected chi connectivity index (χ3v) is 1.89. The van der Waals surface area contributed by atoms with E-state index in [1.54, 1.807) is 12.4 Å². The third kappa shape index (κ3) is 3.87. The number of carbonyl (C=O) groups is 1. The maximum Gasteiger partial charge on any atom is 0.186 e. The van der Waals surface area contributed by atoms with Crippen LogP contribution in [0.2, 0.25) is 0 Å². The summed E-state index contributed by atoms with van der Waals surface area (Å²) in [5.74, 6) is 0.0220. The Kier molecular flexibility index (Phi) is 4.44. The van der Waals surface area contributed by atoms with Gasteiger partial charge in [0.05, 0.1) is 0 Å². The highest BCUT2D eigenvalue weighted by atomic mass is 16.1. The molecule has 0 spiro atoms. The number of nitrogens with zero attached hydrogens (tertiary/aromatic N) is 1. The Bertz CT molecular complexity index is 312. The number of Topliss-reactive ketones (excluding diaryl/α,β-unsaturated/α-hetero) is 1. The minimum absolute atomic E-state index is 0.0220. The van der Waals surface area contributed by atoms with Gasteiger partial charge in [0.1, 0.15) is 0 Å². The number of piperidine rings is 1. The smallest absolute Gasteiger partial charge is 0.186 e. The molecule has 1 saturated heterocycles. The molecule has 0 aromatic carbocycles. The molecule has 1 aromatic rings. The second-order valence-electron chi connectivity index (χ2n) is 3.16. The van der Waals surface area contributed by atoms with Crippen LogP contribution >= 0.6 is 0 Å². The molecule has 0 atom stereocenters. The topological polar surface area (TPSA) is 42.0 Å². The molecular formula is C12H14N2O. The van der Waals surface area contributed by atoms with Crippen molar-refractivity contribution in [3.05, 3.63) is 54.9 Å². The second kappa shape index (κ2) is 5.88. The van der Waals surface area contributed by atoms with Crippen LogP contribution in [0.3, 0.4) is 0 Å². The first-order valence-electron chi connectivity index (χ1n) is 4.68. The van der Waals surface area contributed by atoms with E-state index in [0.29, 0.717) is 24.2 Å². The summed E-state index contributed by atoms with van der Waals surface area (Å²) in [5.41, 5.74) is 1.23. The molecule has 1 aliphatic rings. The van der Waals surface area contributed by atoms with Crippen molar-refractivity contribution in [1.29, 1.82) is 0 Å². The van der Waals surface area contributed by atoms with Crippen LogP contribution in [-0.2, 0) is 4.79 Å². The van der Waals surface area contributed by atoms with Gasteiger partial charge >= 0.3 is 0 Å². The largest absolute Gasteiger partial charge is 0.308 e. The van der Waals surface area contributed by atoms with E-state index in [4.69, 9.17) is 0 Å². The first kappa shape index (κ1) is 11.3. The molecule has 0 amide bonds. The van der Waals surface area contributed by atoms with Gasteiger partial charge in [-0.2, -0.15) is 0 Å². The Morgan fingerprint density at radius 2 is 1.60 bits per heavy atom. The Morgan fingerprint density at radius 3 is 1.87 bits per heavy atom. The number of hydrogen-bond donors (Lipinski definition) is 1. The lowest BCUT2D eigenvalue weighted by Crippen LogP contribution is -2.31. The SMILES string of the molecule is C=C1CNCC(=C)C1=O.c1ccncc1. The van der Waals surface area contributed by atoms with E-state index in [0.717, 1.165) is 0 Å². The molecular weight excluding hydrogens is 188 g/mol. The Balaban J connectivity index is 0.000000162. The second-order valence-corrected chi connectivity index (χ2v) is 3.16. The molecule has 0 saturated carbocycles. The van der Waals surface area contributed by atoms with Gasteiger partial charge in [-0.25, -0.2) is 0 Å². The lowest BCUT2D eigenvalue weighted by molar-refractivity contribution is -0.112. The Hall–Kier alpha value is -1.74. The molecule has 0 aliphatic carbocycles. The van der Waals surface area contributed by atoms with Crippen LogP contribution in [0, 0.1) is 0 Å². The van der Waals surface area contributed by atoms with E-state index < -0.39 is 0 Å². The molecule has 3 nitrogen and oxygen atoms in total. The monoisotopic (exact) mass is 202 g/mol. The van der Waals surface area contributed by atoms with Crippen molar-refractivity contribution < 1.29 is 4.79 Å². The summed E-state index contributed by atoms with van der Waals surface area (Å²) in [6, 6.07) is 5.72. The van der Waals surface area contributed by atoms with Crippen molar-refractivity contribution in [2.75, 3.05) is 13.1 Å². The molecule has 2 heterocycles. The van der Waals surface area contributed by atoms with E-state index in [9.17, 15) is 4.79 Å². The van der Waals surface area contributed by atoms with Crippen molar-refractivity contribution in [3.63, 3.8) is 0 Å². The van der Waals surface area contributed by atoms with Crippen molar-refractivity contribution >= 4 is 5.78 Å². The van der Waals surface area contributed by atoms with Gasteiger partial charge in [0, 0.05) is 36.6 Å². The van der Waals surface area contributed by atoms with Crippen LogP contribution in [0.15, 0.2) is 54.9 Å². The maximum atomic E-state index is 10.9. The molecule has 78 valence electrons. The van der Waals surface area contributed by atoms with E-state index >= 15 is 0 Å². The molecule has 0 bridgehead atoms. The normalized spacial score (nSPS) is 15.6. The van der Waals surface area contributed by atoms with E-state index in [1.165, 1.54) is 0 Å². The summed E-state index contributed by atoms with van der Waals surface area (Å²) in [4.78, 5) is 14.7. The van der Waals surface area contributed by atoms with Crippen LogP contribution in [0.4, 0.5) is 0 Å². The van der Waals surface area contributed by atoms with Gasteiger partial charge in [-0.1, -0.05) is 19.2 Å². The number of ketones is 1. The molecule has 15 heavy (non-hydrogen) atoms. The molecule has 1 aromatic heterocycles. The van der Waals surface area contributed by atoms with Crippen LogP contribution in [-0.4, -0.2) is 23.9 Å². The zero-order chi connectivity index (χ0) is 11.1. The van der Waals surface area contributed by atoms with Gasteiger partial charge < -0.3 is 5.32 Å². The van der Waals surface area contributed by atoms with Crippen molar-refractivity contribution in [1.82, 2.24) is 10.3 Å². The van der Waals surface area contributed by atoms with Gasteiger partial charge in [0.25, 0.3) is 0 Å². The molecule has 1 fully saturated rings. The number of pyridine rings is 1. The van der Waals surface area contributed by atoms with Crippen molar-refractivity contribution in [2.45, 2.75) is 0 Å². The summed E-state index contributed by atoms with van der Waals surface area (Å²) < 4.78 is 0. The van der Waals surface area contributed by atoms with E-state index in [2.05, 4.69) is 23.5 Å². The Morgan fingerprint density at radius 1 is 1.07 bits per heavy atom. The van der Waals surface area contributed by atoms with Gasteiger partial charge in [-0.3, -0.25) is 9.78 Å². The predicted octanol–water partition coefficient (Wildman–Crippen LogP) is 1.35. The summed E-state index contributed by atoms with van der Waals surface area (Å²) in [7, 11) is 0. The van der Waals surface area contributed by atoms with Gasteiger partial charge in [-0.15, -0.1) is 0 Å². The number of nitrogens with one attached hydrogen (secondary N) is 1. The molecule has 2 rings (SSSR count). The van der Waals surface area contributed by atoms with Crippen LogP contribution in [0.5, 0.6) is 0 Å². The number of aromatic nitrogens is 1. The zero-order valence-corrected chi connectivity index (χ0v) is 8.57. The van der Waals surface area contributed by atoms with Crippen LogP contribution in [0.25, 0.3) is 0 Å². The Labute approximate surface area is 89.5 Å². The highest BCUT2D eigenvalue weighted by Crippen LogP contribution is 2.04. The summed E-state index contributed by atoms with van der Waals surface area (Å²) in [6.45, 7) is 8.36. The first-order valence-corrected chi connectivity index (χ1v) is 4.68. The van der Waals surface area contributed by atoms with Crippen molar-refractivity contribution in [3.8, 4) is 0 Å². The summed E-state index contributed by atoms with van der Waals surface area (Å²) >= 11 is 0. The van der Waals surface area contributed by atoms with E-state index in [-0.39, 0.29) is 5.78 Å². The fourth-order valence-corrected chi connectivity index (χ4v) is 1.09. The fourth-order valence-electron chi connectivity index (χ4n) is 1.09. The average Bonchev–Trinajstić information content (AvgIpc) is 2.29. The molecule has 1 N–H and O–H groups in total. The van der Waals surface area contributed by atoms with Gasteiger partial charge in [0.2, 0.25) is 0 Å².